The molecule has 1 aliphatic heterocycles. The fraction of sp³-hybridized carbons (Fsp3) is 0.444. The zero-order valence-corrected chi connectivity index (χ0v) is 44.2. The summed E-state index contributed by atoms with van der Waals surface area (Å²) < 4.78 is 65.8. The molecule has 1 saturated heterocycles. The number of anilines is 2. The van der Waals surface area contributed by atoms with Gasteiger partial charge < -0.3 is 49.3 Å². The van der Waals surface area contributed by atoms with Crippen LogP contribution in [0.4, 0.5) is 16.4 Å². The van der Waals surface area contributed by atoms with Crippen molar-refractivity contribution in [3.8, 4) is 5.88 Å². The third kappa shape index (κ3) is 14.7. The van der Waals surface area contributed by atoms with Crippen LogP contribution in [0.15, 0.2) is 78.2 Å². The molecule has 0 bridgehead atoms. The molecule has 4 heterocycles. The van der Waals surface area contributed by atoms with E-state index in [0.29, 0.717) is 35.5 Å². The van der Waals surface area contributed by atoms with Gasteiger partial charge in [-0.1, -0.05) is 56.4 Å². The van der Waals surface area contributed by atoms with Gasteiger partial charge in [0.25, 0.3) is 11.5 Å². The van der Waals surface area contributed by atoms with E-state index in [0.717, 1.165) is 6.33 Å². The fourth-order valence-electron chi connectivity index (χ4n) is 8.04. The minimum Gasteiger partial charge on any atom is -0.474 e. The second-order valence-electron chi connectivity index (χ2n) is 17.9. The lowest BCUT2D eigenvalue weighted by Crippen LogP contribution is -2.50. The van der Waals surface area contributed by atoms with Gasteiger partial charge >= 0.3 is 21.6 Å². The molecule has 5 aromatic rings. The van der Waals surface area contributed by atoms with Gasteiger partial charge in [-0.15, -0.1) is 0 Å². The van der Waals surface area contributed by atoms with Crippen molar-refractivity contribution in [2.75, 3.05) is 30.9 Å². The zero-order valence-electron chi connectivity index (χ0n) is 40.7. The summed E-state index contributed by atoms with van der Waals surface area (Å²) in [4.78, 5) is 85.7. The molecule has 2 aliphatic rings. The number of amides is 4. The number of H-pyrrole nitrogens is 1. The number of imidazole rings is 1. The molecule has 0 radical (unpaired) electrons. The predicted molar refractivity (Wildman–Crippen MR) is 274 cm³/mol. The SMILES string of the molecule is CC(C)[C@H](N)C(=O)N[C@@H](C)C(=O)Nc1ccc(COC(=O)N(C)Cc2ccccc2C(=O)Nc2nc3c(ncn3[C@@H]3O[C@H](COP=O)[C@@H](O)[C@H]3OP(=O)(S)OC[C@H]3C[C@@H](Oc4ccncn4)C[C@@H]3OS)c(=O)[nH]2)cc1. The van der Waals surface area contributed by atoms with Gasteiger partial charge in [-0.05, 0) is 61.5 Å². The molecule has 30 heteroatoms. The van der Waals surface area contributed by atoms with Crippen molar-refractivity contribution >= 4 is 87.3 Å². The number of hydrogen-bond donors (Lipinski definition) is 8. The van der Waals surface area contributed by atoms with Gasteiger partial charge in [0.1, 0.15) is 43.4 Å². The number of fused-ring (bicyclic) bond motifs is 1. The lowest BCUT2D eigenvalue weighted by atomic mass is 10.0. The normalized spacial score (nSPS) is 22.1. The maximum absolute atomic E-state index is 13.9. The Kier molecular flexibility index (Phi) is 19.5. The number of ether oxygens (including phenoxy) is 3. The summed E-state index contributed by atoms with van der Waals surface area (Å²) in [5.41, 5.74) is 6.28. The molecule has 3 aromatic heterocycles. The topological polar surface area (TPSA) is 342 Å². The van der Waals surface area contributed by atoms with Gasteiger partial charge in [0.15, 0.2) is 17.4 Å². The first-order valence-electron chi connectivity index (χ1n) is 23.2. The van der Waals surface area contributed by atoms with Crippen LogP contribution in [-0.4, -0.2) is 126 Å². The van der Waals surface area contributed by atoms with Crippen molar-refractivity contribution in [1.82, 2.24) is 39.7 Å². The maximum Gasteiger partial charge on any atom is 0.410 e. The van der Waals surface area contributed by atoms with Crippen molar-refractivity contribution in [3.63, 3.8) is 0 Å². The Morgan fingerprint density at radius 1 is 1.05 bits per heavy atom. The predicted octanol–water partition coefficient (Wildman–Crippen LogP) is 4.37. The van der Waals surface area contributed by atoms with E-state index in [1.807, 2.05) is 0 Å². The Morgan fingerprint density at radius 2 is 1.81 bits per heavy atom. The number of carbonyl (C=O) groups excluding carboxylic acids is 4. The van der Waals surface area contributed by atoms with Crippen molar-refractivity contribution < 1.29 is 65.4 Å². The number of rotatable bonds is 23. The van der Waals surface area contributed by atoms with E-state index in [1.54, 1.807) is 69.3 Å². The van der Waals surface area contributed by atoms with Gasteiger partial charge in [-0.3, -0.25) is 43.1 Å². The number of aliphatic hydroxyl groups is 1. The van der Waals surface area contributed by atoms with E-state index < -0.39 is 94.2 Å². The highest BCUT2D eigenvalue weighted by Gasteiger charge is 2.50. The molecular weight excluding hydrogens is 1060 g/mol. The number of hydrogen-bond acceptors (Lipinski definition) is 21. The molecule has 4 amide bonds. The van der Waals surface area contributed by atoms with Gasteiger partial charge in [-0.25, -0.2) is 28.9 Å². The number of nitrogens with zero attached hydrogens (tertiary/aromatic N) is 6. The van der Waals surface area contributed by atoms with Crippen molar-refractivity contribution in [3.05, 3.63) is 100 Å². The molecule has 75 heavy (non-hydrogen) atoms. The molecule has 2 fully saturated rings. The van der Waals surface area contributed by atoms with E-state index >= 15 is 0 Å². The summed E-state index contributed by atoms with van der Waals surface area (Å²) in [6.45, 7) is -0.0254. The standard InChI is InChI=1S/C45H55N11O15P2S2/c1-23(2)34(46)41(60)50-24(3)39(58)51-28-11-9-25(10-12-28)18-65-45(62)55(4)17-26-7-5-6-8-30(26)40(59)53-44-52-38-35(42(61)54-44)49-22-56(38)43-37(36(57)32(69-43)20-66-72-63)70-73(64,75)67-19-27-15-29(16-31(27)71-74)68-33-13-14-47-21-48-33/h5-14,21-24,27,29,31-32,34,36-37,43,57,74H,15-20,46H2,1-4H3,(H,50,60)(H,51,58)(H,64,75)(H2,52,53,54,59,61)/t24-,27+,29+,31-,32+,34-,36+,37+,43+,73?/m0/s1. The molecule has 1 saturated carbocycles. The van der Waals surface area contributed by atoms with Gasteiger partial charge in [-0.2, -0.15) is 4.98 Å². The largest absolute Gasteiger partial charge is 0.474 e. The number of nitrogens with one attached hydrogen (secondary N) is 4. The second-order valence-corrected chi connectivity index (χ2v) is 21.4. The molecule has 26 nitrogen and oxygen atoms in total. The third-order valence-corrected chi connectivity index (χ3v) is 14.3. The van der Waals surface area contributed by atoms with E-state index in [-0.39, 0.29) is 60.4 Å². The van der Waals surface area contributed by atoms with Crippen LogP contribution in [0.5, 0.6) is 5.88 Å². The molecule has 1 unspecified atom stereocenters. The molecule has 402 valence electrons. The molecule has 1 aliphatic carbocycles. The first kappa shape index (κ1) is 56.8. The first-order valence-corrected chi connectivity index (χ1v) is 27.0. The van der Waals surface area contributed by atoms with E-state index in [2.05, 4.69) is 66.0 Å². The number of aromatic amines is 1. The molecule has 7 rings (SSSR count). The Bertz CT molecular complexity index is 2930. The number of nitrogens with two attached hydrogens (primary N) is 1. The van der Waals surface area contributed by atoms with E-state index in [9.17, 15) is 38.2 Å². The lowest BCUT2D eigenvalue weighted by Gasteiger charge is -2.26. The number of thiol groups is 2. The Morgan fingerprint density at radius 3 is 2.52 bits per heavy atom. The van der Waals surface area contributed by atoms with Crippen LogP contribution < -0.4 is 32.0 Å². The van der Waals surface area contributed by atoms with Crippen LogP contribution in [0, 0.1) is 11.8 Å². The summed E-state index contributed by atoms with van der Waals surface area (Å²) in [5, 5.41) is 19.3. The average molecular weight is 1120 g/mol. The summed E-state index contributed by atoms with van der Waals surface area (Å²) in [6.07, 6.45) is -2.49. The number of carbonyl (C=O) groups is 4. The Balaban J connectivity index is 0.981. The van der Waals surface area contributed by atoms with Crippen LogP contribution in [0.2, 0.25) is 0 Å². The molecular formula is C45H55N11O15P2S2. The van der Waals surface area contributed by atoms with Gasteiger partial charge in [0.2, 0.25) is 23.6 Å². The highest BCUT2D eigenvalue weighted by molar-refractivity contribution is 8.44. The average Bonchev–Trinajstić information content (AvgIpc) is 4.10. The Labute approximate surface area is 441 Å². The summed E-state index contributed by atoms with van der Waals surface area (Å²) in [6, 6.07) is 12.9. The van der Waals surface area contributed by atoms with Crippen molar-refractivity contribution in [2.45, 2.75) is 95.6 Å². The van der Waals surface area contributed by atoms with Crippen LogP contribution in [0.25, 0.3) is 11.2 Å². The Hall–Kier alpha value is -5.90. The fourth-order valence-corrected chi connectivity index (χ4v) is 10.0. The van der Waals surface area contributed by atoms with Crippen molar-refractivity contribution in [1.29, 1.82) is 0 Å². The van der Waals surface area contributed by atoms with Gasteiger partial charge in [0.05, 0.1) is 31.7 Å². The van der Waals surface area contributed by atoms with E-state index in [4.69, 9.17) is 37.7 Å². The van der Waals surface area contributed by atoms with Crippen molar-refractivity contribution in [2.24, 2.45) is 17.6 Å². The third-order valence-electron chi connectivity index (χ3n) is 12.2. The summed E-state index contributed by atoms with van der Waals surface area (Å²) in [7, 11) is 0.758. The minimum atomic E-state index is -4.36. The number of aromatic nitrogens is 6. The van der Waals surface area contributed by atoms with Crippen LogP contribution >= 0.6 is 40.6 Å². The number of benzene rings is 2. The highest BCUT2D eigenvalue weighted by Crippen LogP contribution is 2.57. The quantitative estimate of drug-likeness (QED) is 0.0256. The van der Waals surface area contributed by atoms with Crippen LogP contribution in [-0.2, 0) is 59.1 Å². The zero-order chi connectivity index (χ0) is 54.0. The molecule has 10 atom stereocenters. The highest BCUT2D eigenvalue weighted by atomic mass is 32.7. The second kappa shape index (κ2) is 25.8. The molecule has 7 N–H and O–H groups in total. The summed E-state index contributed by atoms with van der Waals surface area (Å²) >= 11 is 8.21. The van der Waals surface area contributed by atoms with Gasteiger partial charge in [0, 0.05) is 49.4 Å². The van der Waals surface area contributed by atoms with Crippen LogP contribution in [0.1, 0.15) is 61.3 Å². The summed E-state index contributed by atoms with van der Waals surface area (Å²) in [5.74, 6) is -2.08. The minimum absolute atomic E-state index is 0.0820. The first-order chi connectivity index (χ1) is 35.8. The monoisotopic (exact) mass is 1120 g/mol. The van der Waals surface area contributed by atoms with Crippen LogP contribution in [0.3, 0.4) is 0 Å². The maximum atomic E-state index is 13.9. The smallest absolute Gasteiger partial charge is 0.410 e. The lowest BCUT2D eigenvalue weighted by molar-refractivity contribution is -0.127. The van der Waals surface area contributed by atoms with E-state index in [1.165, 1.54) is 35.1 Å². The molecule has 2 aromatic carbocycles. The molecule has 0 spiro atoms. The number of aliphatic hydroxyl groups excluding tert-OH is 1.